The Bertz CT molecular complexity index is 475. The zero-order chi connectivity index (χ0) is 10.8. The first-order chi connectivity index (χ1) is 7.22. The fraction of sp³-hybridized carbons (Fsp3) is 0.308. The number of nitrogens with zero attached hydrogens (tertiary/aromatic N) is 1. The molecule has 1 heterocycles. The molecule has 0 aliphatic heterocycles. The number of rotatable bonds is 2. The molecule has 15 heavy (non-hydrogen) atoms. The second-order valence-corrected chi connectivity index (χ2v) is 4.10. The second-order valence-electron chi connectivity index (χ2n) is 4.10. The molecular formula is C13H16N2. The lowest BCUT2D eigenvalue weighted by Crippen LogP contribution is -2.00. The van der Waals surface area contributed by atoms with Crippen LogP contribution in [0.3, 0.4) is 0 Å². The number of hydrogen-bond acceptors (Lipinski definition) is 2. The summed E-state index contributed by atoms with van der Waals surface area (Å²) in [5.41, 5.74) is 8.00. The molecule has 2 nitrogen and oxygen atoms in total. The van der Waals surface area contributed by atoms with Crippen LogP contribution in [-0.2, 0) is 6.54 Å². The van der Waals surface area contributed by atoms with Crippen molar-refractivity contribution >= 4 is 10.8 Å². The minimum Gasteiger partial charge on any atom is -0.325 e. The molecule has 78 valence electrons. The van der Waals surface area contributed by atoms with E-state index in [0.717, 1.165) is 5.69 Å². The summed E-state index contributed by atoms with van der Waals surface area (Å²) in [4.78, 5) is 4.30. The molecule has 0 spiro atoms. The van der Waals surface area contributed by atoms with Gasteiger partial charge in [-0.1, -0.05) is 26.0 Å². The van der Waals surface area contributed by atoms with Gasteiger partial charge in [0.25, 0.3) is 0 Å². The van der Waals surface area contributed by atoms with Crippen molar-refractivity contribution in [2.75, 3.05) is 0 Å². The molecule has 0 saturated carbocycles. The van der Waals surface area contributed by atoms with Gasteiger partial charge in [0.15, 0.2) is 0 Å². The number of aromatic nitrogens is 1. The van der Waals surface area contributed by atoms with Crippen molar-refractivity contribution in [3.8, 4) is 0 Å². The summed E-state index contributed by atoms with van der Waals surface area (Å²) in [6.07, 6.45) is 1.82. The van der Waals surface area contributed by atoms with Gasteiger partial charge in [-0.25, -0.2) is 0 Å². The first-order valence-corrected chi connectivity index (χ1v) is 5.30. The Morgan fingerprint density at radius 3 is 2.73 bits per heavy atom. The number of nitrogens with two attached hydrogens (primary N) is 1. The maximum Gasteiger partial charge on any atom is 0.0617 e. The van der Waals surface area contributed by atoms with E-state index in [4.69, 9.17) is 5.73 Å². The van der Waals surface area contributed by atoms with E-state index in [2.05, 4.69) is 37.0 Å². The molecule has 2 aromatic rings. The minimum absolute atomic E-state index is 0.499. The molecule has 0 atom stereocenters. The van der Waals surface area contributed by atoms with E-state index in [0.29, 0.717) is 12.5 Å². The van der Waals surface area contributed by atoms with Crippen molar-refractivity contribution in [1.29, 1.82) is 0 Å². The molecule has 0 radical (unpaired) electrons. The van der Waals surface area contributed by atoms with E-state index < -0.39 is 0 Å². The fourth-order valence-corrected chi connectivity index (χ4v) is 1.77. The largest absolute Gasteiger partial charge is 0.325 e. The zero-order valence-corrected chi connectivity index (χ0v) is 9.20. The molecule has 2 rings (SSSR count). The van der Waals surface area contributed by atoms with Crippen LogP contribution in [0.1, 0.15) is 31.0 Å². The molecule has 0 aliphatic rings. The highest BCUT2D eigenvalue weighted by atomic mass is 14.7. The standard InChI is InChI=1S/C13H16N2/c1-9(2)11-4-3-10-5-6-15-13(8-14)12(10)7-11/h3-7,9H,8,14H2,1-2H3. The van der Waals surface area contributed by atoms with Crippen molar-refractivity contribution in [3.05, 3.63) is 41.7 Å². The number of fused-ring (bicyclic) bond motifs is 1. The molecule has 1 aromatic heterocycles. The summed E-state index contributed by atoms with van der Waals surface area (Å²) in [6, 6.07) is 8.55. The summed E-state index contributed by atoms with van der Waals surface area (Å²) in [5.74, 6) is 0.542. The normalized spacial score (nSPS) is 11.2. The predicted molar refractivity (Wildman–Crippen MR) is 63.7 cm³/mol. The van der Waals surface area contributed by atoms with Crippen molar-refractivity contribution in [3.63, 3.8) is 0 Å². The summed E-state index contributed by atoms with van der Waals surface area (Å²) in [7, 11) is 0. The SMILES string of the molecule is CC(C)c1ccc2ccnc(CN)c2c1. The third kappa shape index (κ3) is 1.85. The van der Waals surface area contributed by atoms with E-state index in [9.17, 15) is 0 Å². The van der Waals surface area contributed by atoms with E-state index in [1.165, 1.54) is 16.3 Å². The molecule has 0 saturated heterocycles. The molecule has 2 heteroatoms. The van der Waals surface area contributed by atoms with Crippen LogP contribution in [0.25, 0.3) is 10.8 Å². The first kappa shape index (κ1) is 10.1. The van der Waals surface area contributed by atoms with E-state index in [1.807, 2.05) is 12.3 Å². The summed E-state index contributed by atoms with van der Waals surface area (Å²) in [6.45, 7) is 4.89. The molecule has 0 fully saturated rings. The van der Waals surface area contributed by atoms with E-state index in [-0.39, 0.29) is 0 Å². The molecule has 1 aromatic carbocycles. The summed E-state index contributed by atoms with van der Waals surface area (Å²) in [5, 5.41) is 2.40. The lowest BCUT2D eigenvalue weighted by Gasteiger charge is -2.08. The fourth-order valence-electron chi connectivity index (χ4n) is 1.77. The Morgan fingerprint density at radius 2 is 2.07 bits per heavy atom. The minimum atomic E-state index is 0.499. The molecule has 2 N–H and O–H groups in total. The average Bonchev–Trinajstić information content (AvgIpc) is 2.27. The quantitative estimate of drug-likeness (QED) is 0.809. The van der Waals surface area contributed by atoms with Gasteiger partial charge in [0.1, 0.15) is 0 Å². The highest BCUT2D eigenvalue weighted by Gasteiger charge is 2.04. The van der Waals surface area contributed by atoms with Gasteiger partial charge >= 0.3 is 0 Å². The Balaban J connectivity index is 2.67. The average molecular weight is 200 g/mol. The Kier molecular flexibility index (Phi) is 2.69. The number of pyridine rings is 1. The van der Waals surface area contributed by atoms with Crippen LogP contribution >= 0.6 is 0 Å². The number of hydrogen-bond donors (Lipinski definition) is 1. The van der Waals surface area contributed by atoms with E-state index >= 15 is 0 Å². The molecule has 0 aliphatic carbocycles. The maximum atomic E-state index is 5.68. The summed E-state index contributed by atoms with van der Waals surface area (Å²) < 4.78 is 0. The Labute approximate surface area is 90.1 Å². The molecule has 0 bridgehead atoms. The van der Waals surface area contributed by atoms with Gasteiger partial charge < -0.3 is 5.73 Å². The Morgan fingerprint density at radius 1 is 1.27 bits per heavy atom. The third-order valence-electron chi connectivity index (χ3n) is 2.73. The van der Waals surface area contributed by atoms with Gasteiger partial charge in [-0.2, -0.15) is 0 Å². The maximum absolute atomic E-state index is 5.68. The third-order valence-corrected chi connectivity index (χ3v) is 2.73. The van der Waals surface area contributed by atoms with Gasteiger partial charge in [-0.3, -0.25) is 4.98 Å². The molecular weight excluding hydrogens is 184 g/mol. The predicted octanol–water partition coefficient (Wildman–Crippen LogP) is 2.82. The lowest BCUT2D eigenvalue weighted by molar-refractivity contribution is 0.868. The number of benzene rings is 1. The monoisotopic (exact) mass is 200 g/mol. The van der Waals surface area contributed by atoms with Crippen LogP contribution in [-0.4, -0.2) is 4.98 Å². The van der Waals surface area contributed by atoms with Crippen molar-refractivity contribution in [2.24, 2.45) is 5.73 Å². The van der Waals surface area contributed by atoms with Crippen LogP contribution in [0.15, 0.2) is 30.5 Å². The Hall–Kier alpha value is -1.41. The van der Waals surface area contributed by atoms with Gasteiger partial charge in [-0.05, 0) is 29.0 Å². The first-order valence-electron chi connectivity index (χ1n) is 5.30. The molecule has 0 amide bonds. The van der Waals surface area contributed by atoms with Crippen LogP contribution < -0.4 is 5.73 Å². The van der Waals surface area contributed by atoms with E-state index in [1.54, 1.807) is 0 Å². The summed E-state index contributed by atoms with van der Waals surface area (Å²) >= 11 is 0. The van der Waals surface area contributed by atoms with Crippen molar-refractivity contribution < 1.29 is 0 Å². The second kappa shape index (κ2) is 3.99. The van der Waals surface area contributed by atoms with Crippen molar-refractivity contribution in [2.45, 2.75) is 26.3 Å². The lowest BCUT2D eigenvalue weighted by atomic mass is 9.99. The van der Waals surface area contributed by atoms with Crippen LogP contribution in [0, 0.1) is 0 Å². The van der Waals surface area contributed by atoms with Crippen LogP contribution in [0.2, 0.25) is 0 Å². The van der Waals surface area contributed by atoms with Gasteiger partial charge in [0.2, 0.25) is 0 Å². The zero-order valence-electron chi connectivity index (χ0n) is 9.20. The van der Waals surface area contributed by atoms with Gasteiger partial charge in [0.05, 0.1) is 5.69 Å². The smallest absolute Gasteiger partial charge is 0.0617 e. The van der Waals surface area contributed by atoms with Gasteiger partial charge in [0, 0.05) is 18.1 Å². The van der Waals surface area contributed by atoms with Crippen molar-refractivity contribution in [1.82, 2.24) is 4.98 Å². The van der Waals surface area contributed by atoms with Crippen LogP contribution in [0.5, 0.6) is 0 Å². The highest BCUT2D eigenvalue weighted by molar-refractivity contribution is 5.85. The molecule has 0 unspecified atom stereocenters. The topological polar surface area (TPSA) is 38.9 Å². The van der Waals surface area contributed by atoms with Gasteiger partial charge in [-0.15, -0.1) is 0 Å². The highest BCUT2D eigenvalue weighted by Crippen LogP contribution is 2.22. The van der Waals surface area contributed by atoms with Crippen LogP contribution in [0.4, 0.5) is 0 Å².